The van der Waals surface area contributed by atoms with Gasteiger partial charge in [-0.2, -0.15) is 5.26 Å². The van der Waals surface area contributed by atoms with Crippen LogP contribution in [0.25, 0.3) is 6.08 Å². The van der Waals surface area contributed by atoms with E-state index in [4.69, 9.17) is 15.1 Å². The molecule has 6 heteroatoms. The van der Waals surface area contributed by atoms with E-state index >= 15 is 0 Å². The molecule has 0 aromatic heterocycles. The summed E-state index contributed by atoms with van der Waals surface area (Å²) in [7, 11) is 0. The molecule has 0 aliphatic carbocycles. The highest BCUT2D eigenvalue weighted by Crippen LogP contribution is 2.27. The molecule has 1 fully saturated rings. The molecule has 1 aromatic carbocycles. The van der Waals surface area contributed by atoms with Crippen LogP contribution in [0.4, 0.5) is 0 Å². The predicted octanol–water partition coefficient (Wildman–Crippen LogP) is 3.31. The van der Waals surface area contributed by atoms with E-state index in [-0.39, 0.29) is 5.57 Å². The number of likely N-dealkylation sites (tertiary alicyclic amines) is 1. The molecule has 1 heterocycles. The summed E-state index contributed by atoms with van der Waals surface area (Å²) in [6, 6.07) is 6.93. The summed E-state index contributed by atoms with van der Waals surface area (Å²) >= 11 is 3.42. The van der Waals surface area contributed by atoms with Crippen LogP contribution < -0.4 is 4.74 Å². The van der Waals surface area contributed by atoms with Crippen LogP contribution in [0.2, 0.25) is 0 Å². The van der Waals surface area contributed by atoms with Gasteiger partial charge in [0.25, 0.3) is 0 Å². The zero-order valence-corrected chi connectivity index (χ0v) is 14.4. The largest absolute Gasteiger partial charge is 0.491 e. The number of halogens is 1. The third-order valence-electron chi connectivity index (χ3n) is 3.73. The van der Waals surface area contributed by atoms with Gasteiger partial charge in [-0.1, -0.05) is 12.5 Å². The van der Waals surface area contributed by atoms with Crippen LogP contribution in [-0.2, 0) is 4.79 Å². The first-order valence-electron chi connectivity index (χ1n) is 7.60. The van der Waals surface area contributed by atoms with Crippen molar-refractivity contribution in [2.45, 2.75) is 19.3 Å². The van der Waals surface area contributed by atoms with Gasteiger partial charge in [0.05, 0.1) is 4.47 Å². The standard InChI is InChI=1S/C17H19BrN2O3/c18-15-11-13(10-14(12-19)17(21)22)4-5-16(15)23-9-8-20-6-2-1-3-7-20/h4-5,10-11H,1-3,6-9H2,(H,21,22). The average molecular weight is 379 g/mol. The molecule has 122 valence electrons. The summed E-state index contributed by atoms with van der Waals surface area (Å²) in [5.74, 6) is -0.515. The average Bonchev–Trinajstić information content (AvgIpc) is 2.55. The Kier molecular flexibility index (Phi) is 6.63. The second kappa shape index (κ2) is 8.70. The number of benzene rings is 1. The molecule has 23 heavy (non-hydrogen) atoms. The summed E-state index contributed by atoms with van der Waals surface area (Å²) < 4.78 is 6.53. The van der Waals surface area contributed by atoms with Crippen LogP contribution in [0, 0.1) is 11.3 Å². The normalized spacial score (nSPS) is 15.9. The van der Waals surface area contributed by atoms with Crippen LogP contribution >= 0.6 is 15.9 Å². The predicted molar refractivity (Wildman–Crippen MR) is 91.2 cm³/mol. The van der Waals surface area contributed by atoms with E-state index in [1.165, 1.54) is 25.3 Å². The molecule has 2 rings (SSSR count). The maximum Gasteiger partial charge on any atom is 0.346 e. The van der Waals surface area contributed by atoms with Gasteiger partial charge in [0.15, 0.2) is 0 Å². The topological polar surface area (TPSA) is 73.6 Å². The molecule has 1 aliphatic heterocycles. The molecule has 0 bridgehead atoms. The summed E-state index contributed by atoms with van der Waals surface area (Å²) in [4.78, 5) is 13.2. The molecular formula is C17H19BrN2O3. The number of carbonyl (C=O) groups is 1. The molecule has 1 aliphatic rings. The second-order valence-corrected chi connectivity index (χ2v) is 6.27. The minimum absolute atomic E-state index is 0.296. The van der Waals surface area contributed by atoms with E-state index in [1.54, 1.807) is 24.3 Å². The number of hydrogen-bond donors (Lipinski definition) is 1. The number of hydrogen-bond acceptors (Lipinski definition) is 4. The van der Waals surface area contributed by atoms with Crippen LogP contribution in [0.1, 0.15) is 24.8 Å². The number of ether oxygens (including phenoxy) is 1. The molecule has 5 nitrogen and oxygen atoms in total. The fourth-order valence-electron chi connectivity index (χ4n) is 2.50. The number of nitrogens with zero attached hydrogens (tertiary/aromatic N) is 2. The van der Waals surface area contributed by atoms with Gasteiger partial charge in [-0.3, -0.25) is 4.90 Å². The van der Waals surface area contributed by atoms with Gasteiger partial charge in [0, 0.05) is 6.54 Å². The van der Waals surface area contributed by atoms with Gasteiger partial charge in [0.2, 0.25) is 0 Å². The Hall–Kier alpha value is -1.84. The third kappa shape index (κ3) is 5.38. The Bertz CT molecular complexity index is 631. The zero-order chi connectivity index (χ0) is 16.7. The Morgan fingerprint density at radius 1 is 1.39 bits per heavy atom. The van der Waals surface area contributed by atoms with Crippen LogP contribution in [-0.4, -0.2) is 42.2 Å². The van der Waals surface area contributed by atoms with Gasteiger partial charge >= 0.3 is 5.97 Å². The lowest BCUT2D eigenvalue weighted by Crippen LogP contribution is -2.33. The maximum atomic E-state index is 10.8. The smallest absolute Gasteiger partial charge is 0.346 e. The monoisotopic (exact) mass is 378 g/mol. The number of piperidine rings is 1. The van der Waals surface area contributed by atoms with Gasteiger partial charge < -0.3 is 9.84 Å². The van der Waals surface area contributed by atoms with Crippen molar-refractivity contribution in [3.63, 3.8) is 0 Å². The summed E-state index contributed by atoms with van der Waals surface area (Å²) in [6.07, 6.45) is 5.18. The third-order valence-corrected chi connectivity index (χ3v) is 4.35. The fraction of sp³-hybridized carbons (Fsp3) is 0.412. The highest BCUT2D eigenvalue weighted by atomic mass is 79.9. The lowest BCUT2D eigenvalue weighted by molar-refractivity contribution is -0.132. The molecule has 0 atom stereocenters. The molecule has 0 unspecified atom stereocenters. The van der Waals surface area contributed by atoms with Crippen LogP contribution in [0.3, 0.4) is 0 Å². The van der Waals surface area contributed by atoms with Gasteiger partial charge in [-0.25, -0.2) is 4.79 Å². The van der Waals surface area contributed by atoms with Crippen LogP contribution in [0.5, 0.6) is 5.75 Å². The van der Waals surface area contributed by atoms with Crippen molar-refractivity contribution in [2.75, 3.05) is 26.2 Å². The summed E-state index contributed by atoms with van der Waals surface area (Å²) in [6.45, 7) is 3.80. The molecule has 0 radical (unpaired) electrons. The van der Waals surface area contributed by atoms with E-state index < -0.39 is 5.97 Å². The minimum atomic E-state index is -1.23. The molecule has 1 N–H and O–H groups in total. The van der Waals surface area contributed by atoms with Crippen molar-refractivity contribution in [1.29, 1.82) is 5.26 Å². The lowest BCUT2D eigenvalue weighted by Gasteiger charge is -2.26. The molecular weight excluding hydrogens is 360 g/mol. The minimum Gasteiger partial charge on any atom is -0.491 e. The van der Waals surface area contributed by atoms with Crippen molar-refractivity contribution in [3.05, 3.63) is 33.8 Å². The summed E-state index contributed by atoms with van der Waals surface area (Å²) in [5.41, 5.74) is 0.342. The highest BCUT2D eigenvalue weighted by molar-refractivity contribution is 9.10. The zero-order valence-electron chi connectivity index (χ0n) is 12.8. The fourth-order valence-corrected chi connectivity index (χ4v) is 3.01. The van der Waals surface area contributed by atoms with Crippen molar-refractivity contribution in [1.82, 2.24) is 4.90 Å². The van der Waals surface area contributed by atoms with E-state index in [0.717, 1.165) is 24.1 Å². The van der Waals surface area contributed by atoms with E-state index in [0.29, 0.717) is 17.9 Å². The van der Waals surface area contributed by atoms with Crippen LogP contribution in [0.15, 0.2) is 28.2 Å². The van der Waals surface area contributed by atoms with Gasteiger partial charge in [-0.05, 0) is 65.6 Å². The Morgan fingerprint density at radius 3 is 2.74 bits per heavy atom. The SMILES string of the molecule is N#CC(=Cc1ccc(OCCN2CCCCC2)c(Br)c1)C(=O)O. The molecule has 1 saturated heterocycles. The van der Waals surface area contributed by atoms with Crippen molar-refractivity contribution in [2.24, 2.45) is 0 Å². The molecule has 0 spiro atoms. The first-order valence-corrected chi connectivity index (χ1v) is 8.39. The quantitative estimate of drug-likeness (QED) is 0.607. The van der Waals surface area contributed by atoms with E-state index in [1.807, 2.05) is 0 Å². The Labute approximate surface area is 144 Å². The van der Waals surface area contributed by atoms with Crippen molar-refractivity contribution < 1.29 is 14.6 Å². The second-order valence-electron chi connectivity index (χ2n) is 5.42. The molecule has 1 aromatic rings. The first-order chi connectivity index (χ1) is 11.1. The lowest BCUT2D eigenvalue weighted by atomic mass is 10.1. The van der Waals surface area contributed by atoms with E-state index in [9.17, 15) is 4.79 Å². The Balaban J connectivity index is 1.94. The first kappa shape index (κ1) is 17.5. The number of carboxylic acid groups (broad SMARTS) is 1. The van der Waals surface area contributed by atoms with Gasteiger partial charge in [0.1, 0.15) is 24.0 Å². The van der Waals surface area contributed by atoms with Gasteiger partial charge in [-0.15, -0.1) is 0 Å². The number of rotatable bonds is 6. The Morgan fingerprint density at radius 2 is 2.13 bits per heavy atom. The number of carboxylic acids is 1. The molecule has 0 amide bonds. The summed E-state index contributed by atoms with van der Waals surface area (Å²) in [5, 5.41) is 17.6. The highest BCUT2D eigenvalue weighted by Gasteiger charge is 2.11. The molecule has 0 saturated carbocycles. The number of aliphatic carboxylic acids is 1. The van der Waals surface area contributed by atoms with Crippen molar-refractivity contribution >= 4 is 28.0 Å². The number of nitriles is 1. The van der Waals surface area contributed by atoms with E-state index in [2.05, 4.69) is 20.8 Å². The van der Waals surface area contributed by atoms with Crippen molar-refractivity contribution in [3.8, 4) is 11.8 Å². The maximum absolute atomic E-state index is 10.8.